The van der Waals surface area contributed by atoms with Gasteiger partial charge in [-0.05, 0) is 50.5 Å². The third kappa shape index (κ3) is 4.12. The van der Waals surface area contributed by atoms with E-state index in [0.29, 0.717) is 49.8 Å². The van der Waals surface area contributed by atoms with E-state index in [0.717, 1.165) is 15.8 Å². The number of hydrogen-bond donors (Lipinski definition) is 0. The largest absolute Gasteiger partial charge is 0.466 e. The number of piperidine rings is 1. The van der Waals surface area contributed by atoms with Crippen molar-refractivity contribution in [2.75, 3.05) is 19.7 Å². The Labute approximate surface area is 185 Å². The maximum Gasteiger partial charge on any atom is 0.309 e. The van der Waals surface area contributed by atoms with Crippen LogP contribution in [0, 0.1) is 12.8 Å². The highest BCUT2D eigenvalue weighted by Gasteiger charge is 2.30. The molecule has 2 aromatic heterocycles. The average Bonchev–Trinajstić information content (AvgIpc) is 3.26. The quantitative estimate of drug-likeness (QED) is 0.512. The molecule has 1 fully saturated rings. The van der Waals surface area contributed by atoms with Crippen LogP contribution in [0.1, 0.15) is 40.7 Å². The highest BCUT2D eigenvalue weighted by atomic mass is 35.5. The molecule has 4 rings (SSSR count). The van der Waals surface area contributed by atoms with Crippen LogP contribution in [0.5, 0.6) is 0 Å². The lowest BCUT2D eigenvalue weighted by atomic mass is 9.97. The van der Waals surface area contributed by atoms with Gasteiger partial charge < -0.3 is 14.2 Å². The van der Waals surface area contributed by atoms with Crippen molar-refractivity contribution in [3.05, 3.63) is 57.6 Å². The molecule has 0 spiro atoms. The second-order valence-electron chi connectivity index (χ2n) is 7.63. The lowest BCUT2D eigenvalue weighted by Gasteiger charge is -2.31. The zero-order valence-electron chi connectivity index (χ0n) is 17.2. The molecule has 0 atom stereocenters. The molecule has 158 valence electrons. The third-order valence-corrected chi connectivity index (χ3v) is 6.98. The number of hydrogen-bond acceptors (Lipinski definition) is 4. The summed E-state index contributed by atoms with van der Waals surface area (Å²) in [6.07, 6.45) is 1.28. The van der Waals surface area contributed by atoms with Crippen LogP contribution < -0.4 is 0 Å². The number of aromatic nitrogens is 1. The molecule has 3 heterocycles. The number of fused-ring (bicyclic) bond motifs is 1. The lowest BCUT2D eigenvalue weighted by Crippen LogP contribution is -2.41. The first-order valence-corrected chi connectivity index (χ1v) is 11.5. The first-order valence-electron chi connectivity index (χ1n) is 10.3. The Kier molecular flexibility index (Phi) is 6.16. The fourth-order valence-electron chi connectivity index (χ4n) is 4.05. The van der Waals surface area contributed by atoms with Crippen LogP contribution in [0.15, 0.2) is 36.4 Å². The van der Waals surface area contributed by atoms with E-state index in [-0.39, 0.29) is 17.8 Å². The molecule has 0 radical (unpaired) electrons. The molecule has 1 amide bonds. The van der Waals surface area contributed by atoms with Gasteiger partial charge in [-0.1, -0.05) is 29.8 Å². The van der Waals surface area contributed by atoms with Crippen molar-refractivity contribution in [3.8, 4) is 0 Å². The number of likely N-dealkylation sites (tertiary alicyclic amines) is 1. The van der Waals surface area contributed by atoms with Crippen LogP contribution in [0.2, 0.25) is 5.02 Å². The van der Waals surface area contributed by atoms with Gasteiger partial charge in [-0.3, -0.25) is 9.59 Å². The number of esters is 1. The monoisotopic (exact) mass is 444 g/mol. The van der Waals surface area contributed by atoms with Crippen molar-refractivity contribution in [2.24, 2.45) is 5.92 Å². The van der Waals surface area contributed by atoms with Gasteiger partial charge in [0.15, 0.2) is 0 Å². The number of carbonyl (C=O) groups excluding carboxylic acids is 2. The van der Waals surface area contributed by atoms with Crippen molar-refractivity contribution < 1.29 is 14.3 Å². The van der Waals surface area contributed by atoms with Crippen molar-refractivity contribution in [2.45, 2.75) is 33.2 Å². The Morgan fingerprint density at radius 3 is 2.63 bits per heavy atom. The molecule has 3 aromatic rings. The first kappa shape index (κ1) is 20.9. The molecule has 1 aliphatic heterocycles. The number of nitrogens with zero attached hydrogens (tertiary/aromatic N) is 2. The number of benzene rings is 1. The molecule has 1 aromatic carbocycles. The number of halogens is 1. The molecular weight excluding hydrogens is 420 g/mol. The van der Waals surface area contributed by atoms with Gasteiger partial charge in [0.2, 0.25) is 0 Å². The van der Waals surface area contributed by atoms with Crippen LogP contribution in [0.4, 0.5) is 0 Å². The Balaban J connectivity index is 1.59. The fraction of sp³-hybridized carbons (Fsp3) is 0.391. The normalized spacial score (nSPS) is 15.0. The predicted molar refractivity (Wildman–Crippen MR) is 120 cm³/mol. The summed E-state index contributed by atoms with van der Waals surface area (Å²) >= 11 is 8.09. The van der Waals surface area contributed by atoms with Gasteiger partial charge in [0.1, 0.15) is 5.69 Å². The predicted octanol–water partition coefficient (Wildman–Crippen LogP) is 5.13. The van der Waals surface area contributed by atoms with Gasteiger partial charge in [0.05, 0.1) is 22.7 Å². The van der Waals surface area contributed by atoms with Gasteiger partial charge in [-0.25, -0.2) is 0 Å². The number of ether oxygens (including phenoxy) is 1. The van der Waals surface area contributed by atoms with Crippen LogP contribution in [0.25, 0.3) is 10.2 Å². The fourth-order valence-corrected chi connectivity index (χ4v) is 5.21. The average molecular weight is 445 g/mol. The van der Waals surface area contributed by atoms with E-state index in [1.807, 2.05) is 42.2 Å². The van der Waals surface area contributed by atoms with Gasteiger partial charge in [-0.2, -0.15) is 0 Å². The number of aryl methyl sites for hydroxylation is 1. The van der Waals surface area contributed by atoms with E-state index < -0.39 is 0 Å². The molecule has 0 aliphatic carbocycles. The summed E-state index contributed by atoms with van der Waals surface area (Å²) in [5.74, 6) is -0.261. The van der Waals surface area contributed by atoms with Crippen molar-refractivity contribution >= 4 is 45.0 Å². The summed E-state index contributed by atoms with van der Waals surface area (Å²) in [6.45, 7) is 5.95. The zero-order chi connectivity index (χ0) is 21.3. The number of rotatable bonds is 5. The maximum absolute atomic E-state index is 13.4. The molecule has 7 heteroatoms. The highest BCUT2D eigenvalue weighted by molar-refractivity contribution is 7.19. The van der Waals surface area contributed by atoms with E-state index in [1.54, 1.807) is 11.3 Å². The summed E-state index contributed by atoms with van der Waals surface area (Å²) in [4.78, 5) is 28.5. The molecule has 1 aliphatic rings. The van der Waals surface area contributed by atoms with E-state index >= 15 is 0 Å². The number of thiophene rings is 1. The second kappa shape index (κ2) is 8.82. The minimum Gasteiger partial charge on any atom is -0.466 e. The molecule has 0 unspecified atom stereocenters. The van der Waals surface area contributed by atoms with Crippen LogP contribution in [-0.4, -0.2) is 41.0 Å². The second-order valence-corrected chi connectivity index (χ2v) is 9.33. The minimum atomic E-state index is -0.150. The van der Waals surface area contributed by atoms with Gasteiger partial charge >= 0.3 is 5.97 Å². The number of amides is 1. The first-order chi connectivity index (χ1) is 14.5. The van der Waals surface area contributed by atoms with Gasteiger partial charge in [-0.15, -0.1) is 11.3 Å². The molecule has 0 bridgehead atoms. The summed E-state index contributed by atoms with van der Waals surface area (Å²) in [5.41, 5.74) is 2.71. The van der Waals surface area contributed by atoms with E-state index in [4.69, 9.17) is 16.3 Å². The highest BCUT2D eigenvalue weighted by Crippen LogP contribution is 2.31. The molecule has 1 saturated heterocycles. The lowest BCUT2D eigenvalue weighted by molar-refractivity contribution is -0.149. The van der Waals surface area contributed by atoms with E-state index in [9.17, 15) is 9.59 Å². The summed E-state index contributed by atoms with van der Waals surface area (Å²) in [7, 11) is 0. The Morgan fingerprint density at radius 2 is 1.93 bits per heavy atom. The molecule has 0 N–H and O–H groups in total. The SMILES string of the molecule is CCOC(=O)C1CCN(C(=O)c2cc3sc(C)cc3n2Cc2ccccc2Cl)CC1. The van der Waals surface area contributed by atoms with Gasteiger partial charge in [0.25, 0.3) is 5.91 Å². The van der Waals surface area contributed by atoms with Crippen molar-refractivity contribution in [3.63, 3.8) is 0 Å². The van der Waals surface area contributed by atoms with Gasteiger partial charge in [0, 0.05) is 29.5 Å². The van der Waals surface area contributed by atoms with Crippen LogP contribution in [-0.2, 0) is 16.1 Å². The smallest absolute Gasteiger partial charge is 0.309 e. The number of carbonyl (C=O) groups is 2. The minimum absolute atomic E-state index is 0.00501. The summed E-state index contributed by atoms with van der Waals surface area (Å²) < 4.78 is 8.31. The third-order valence-electron chi connectivity index (χ3n) is 5.62. The van der Waals surface area contributed by atoms with E-state index in [2.05, 4.69) is 17.6 Å². The van der Waals surface area contributed by atoms with Crippen LogP contribution >= 0.6 is 22.9 Å². The zero-order valence-corrected chi connectivity index (χ0v) is 18.8. The molecule has 30 heavy (non-hydrogen) atoms. The molecule has 5 nitrogen and oxygen atoms in total. The Morgan fingerprint density at radius 1 is 1.20 bits per heavy atom. The molecule has 0 saturated carbocycles. The van der Waals surface area contributed by atoms with Crippen molar-refractivity contribution in [1.29, 1.82) is 0 Å². The maximum atomic E-state index is 13.4. The van der Waals surface area contributed by atoms with Crippen LogP contribution in [0.3, 0.4) is 0 Å². The summed E-state index contributed by atoms with van der Waals surface area (Å²) in [6, 6.07) is 11.9. The van der Waals surface area contributed by atoms with E-state index in [1.165, 1.54) is 4.88 Å². The topological polar surface area (TPSA) is 51.5 Å². The Bertz CT molecular complexity index is 1080. The molecular formula is C23H25ClN2O3S. The Hall–Kier alpha value is -2.31. The van der Waals surface area contributed by atoms with Crippen molar-refractivity contribution in [1.82, 2.24) is 9.47 Å². The standard InChI is InChI=1S/C23H25ClN2O3S/c1-3-29-23(28)16-8-10-25(11-9-16)22(27)20-13-21-19(12-15(2)30-21)26(20)14-17-6-4-5-7-18(17)24/h4-7,12-13,16H,3,8-11,14H2,1-2H3. The summed E-state index contributed by atoms with van der Waals surface area (Å²) in [5, 5.41) is 0.694.